The molecule has 2 heterocycles. The Morgan fingerprint density at radius 1 is 1.14 bits per heavy atom. The van der Waals surface area contributed by atoms with E-state index in [0.717, 1.165) is 22.6 Å². The number of hydrogen-bond acceptors (Lipinski definition) is 4. The molecule has 0 radical (unpaired) electrons. The molecule has 0 fully saturated rings. The number of rotatable bonds is 9. The third kappa shape index (κ3) is 5.78. The van der Waals surface area contributed by atoms with Crippen LogP contribution in [0.1, 0.15) is 38.8 Å². The molecule has 0 aliphatic rings. The number of carbonyl (C=O) groups is 1. The number of nitrogens with one attached hydrogen (secondary N) is 1. The average molecular weight is 510 g/mol. The van der Waals surface area contributed by atoms with E-state index in [9.17, 15) is 4.79 Å². The lowest BCUT2D eigenvalue weighted by Gasteiger charge is -2.09. The number of halogens is 2. The van der Waals surface area contributed by atoms with E-state index >= 15 is 0 Å². The maximum atomic E-state index is 12.9. The molecule has 0 saturated heterocycles. The molecule has 6 nitrogen and oxygen atoms in total. The number of amides is 1. The SMILES string of the molecule is C=CCc1ccccc1OCc1ccc(C(=O)Nc2c(C)nn(Cc3ccc(Cl)c(Cl)c3)c2C)o1. The van der Waals surface area contributed by atoms with Crippen LogP contribution in [0.25, 0.3) is 0 Å². The number of hydrogen-bond donors (Lipinski definition) is 1. The lowest BCUT2D eigenvalue weighted by atomic mass is 10.1. The molecule has 4 rings (SSSR count). The number of benzene rings is 2. The first kappa shape index (κ1) is 24.6. The van der Waals surface area contributed by atoms with Crippen molar-refractivity contribution in [3.8, 4) is 5.75 Å². The quantitative estimate of drug-likeness (QED) is 0.246. The van der Waals surface area contributed by atoms with Gasteiger partial charge in [-0.2, -0.15) is 5.10 Å². The smallest absolute Gasteiger partial charge is 0.291 e. The van der Waals surface area contributed by atoms with Crippen LogP contribution in [-0.2, 0) is 19.6 Å². The first-order valence-corrected chi connectivity index (χ1v) is 11.8. The molecule has 180 valence electrons. The summed E-state index contributed by atoms with van der Waals surface area (Å²) in [6, 6.07) is 16.6. The van der Waals surface area contributed by atoms with Gasteiger partial charge < -0.3 is 14.5 Å². The normalized spacial score (nSPS) is 10.9. The van der Waals surface area contributed by atoms with Crippen LogP contribution in [0.5, 0.6) is 5.75 Å². The van der Waals surface area contributed by atoms with E-state index in [1.807, 2.05) is 54.9 Å². The molecular formula is C27H25Cl2N3O3. The minimum atomic E-state index is -0.358. The molecule has 0 unspecified atom stereocenters. The Balaban J connectivity index is 1.42. The van der Waals surface area contributed by atoms with Crippen molar-refractivity contribution in [2.24, 2.45) is 0 Å². The molecule has 1 N–H and O–H groups in total. The Kier molecular flexibility index (Phi) is 7.63. The zero-order valence-corrected chi connectivity index (χ0v) is 21.0. The van der Waals surface area contributed by atoms with Gasteiger partial charge in [-0.3, -0.25) is 9.48 Å². The number of ether oxygens (including phenoxy) is 1. The number of aromatic nitrogens is 2. The zero-order chi connectivity index (χ0) is 24.9. The number of carbonyl (C=O) groups excluding carboxylic acids is 1. The Morgan fingerprint density at radius 3 is 2.71 bits per heavy atom. The molecule has 4 aromatic rings. The highest BCUT2D eigenvalue weighted by Crippen LogP contribution is 2.26. The number of aryl methyl sites for hydroxylation is 1. The van der Waals surface area contributed by atoms with Crippen molar-refractivity contribution in [2.75, 3.05) is 5.32 Å². The summed E-state index contributed by atoms with van der Waals surface area (Å²) < 4.78 is 13.4. The maximum absolute atomic E-state index is 12.9. The minimum absolute atomic E-state index is 0.194. The van der Waals surface area contributed by atoms with Gasteiger partial charge in [-0.05, 0) is 61.7 Å². The maximum Gasteiger partial charge on any atom is 0.291 e. The minimum Gasteiger partial charge on any atom is -0.485 e. The molecule has 35 heavy (non-hydrogen) atoms. The van der Waals surface area contributed by atoms with Crippen molar-refractivity contribution in [1.29, 1.82) is 0 Å². The van der Waals surface area contributed by atoms with Gasteiger partial charge in [-0.25, -0.2) is 0 Å². The summed E-state index contributed by atoms with van der Waals surface area (Å²) in [5.74, 6) is 1.14. The summed E-state index contributed by atoms with van der Waals surface area (Å²) in [7, 11) is 0. The summed E-state index contributed by atoms with van der Waals surface area (Å²) >= 11 is 12.1. The molecule has 0 aliphatic carbocycles. The molecule has 0 spiro atoms. The van der Waals surface area contributed by atoms with Crippen LogP contribution in [-0.4, -0.2) is 15.7 Å². The van der Waals surface area contributed by atoms with E-state index in [0.29, 0.717) is 40.2 Å². The molecular weight excluding hydrogens is 485 g/mol. The van der Waals surface area contributed by atoms with Gasteiger partial charge in [-0.15, -0.1) is 6.58 Å². The van der Waals surface area contributed by atoms with E-state index in [1.54, 1.807) is 24.3 Å². The predicted octanol–water partition coefficient (Wildman–Crippen LogP) is 7.01. The summed E-state index contributed by atoms with van der Waals surface area (Å²) in [6.07, 6.45) is 2.54. The Bertz CT molecular complexity index is 1370. The number of para-hydroxylation sites is 1. The van der Waals surface area contributed by atoms with Crippen LogP contribution < -0.4 is 10.1 Å². The fourth-order valence-corrected chi connectivity index (χ4v) is 4.03. The van der Waals surface area contributed by atoms with Crippen LogP contribution in [0.4, 0.5) is 5.69 Å². The summed E-state index contributed by atoms with van der Waals surface area (Å²) in [6.45, 7) is 8.22. The summed E-state index contributed by atoms with van der Waals surface area (Å²) in [5.41, 5.74) is 4.15. The van der Waals surface area contributed by atoms with Crippen LogP contribution >= 0.6 is 23.2 Å². The summed E-state index contributed by atoms with van der Waals surface area (Å²) in [4.78, 5) is 12.9. The van der Waals surface area contributed by atoms with Gasteiger partial charge >= 0.3 is 0 Å². The fourth-order valence-electron chi connectivity index (χ4n) is 3.71. The molecule has 2 aromatic carbocycles. The molecule has 2 aromatic heterocycles. The zero-order valence-electron chi connectivity index (χ0n) is 19.5. The van der Waals surface area contributed by atoms with Crippen molar-refractivity contribution in [3.05, 3.63) is 111 Å². The van der Waals surface area contributed by atoms with Gasteiger partial charge in [-0.1, -0.05) is 53.5 Å². The predicted molar refractivity (Wildman–Crippen MR) is 139 cm³/mol. The molecule has 8 heteroatoms. The van der Waals surface area contributed by atoms with Gasteiger partial charge in [0.15, 0.2) is 5.76 Å². The van der Waals surface area contributed by atoms with Crippen molar-refractivity contribution in [2.45, 2.75) is 33.4 Å². The van der Waals surface area contributed by atoms with E-state index in [4.69, 9.17) is 32.4 Å². The van der Waals surface area contributed by atoms with E-state index in [1.165, 1.54) is 0 Å². The first-order valence-electron chi connectivity index (χ1n) is 11.0. The number of anilines is 1. The molecule has 0 atom stereocenters. The highest BCUT2D eigenvalue weighted by molar-refractivity contribution is 6.42. The van der Waals surface area contributed by atoms with Gasteiger partial charge in [0.1, 0.15) is 18.1 Å². The third-order valence-corrected chi connectivity index (χ3v) is 6.27. The van der Waals surface area contributed by atoms with Gasteiger partial charge in [0.2, 0.25) is 0 Å². The van der Waals surface area contributed by atoms with Crippen molar-refractivity contribution in [1.82, 2.24) is 9.78 Å². The van der Waals surface area contributed by atoms with Crippen LogP contribution in [0, 0.1) is 13.8 Å². The van der Waals surface area contributed by atoms with Crippen LogP contribution in [0.2, 0.25) is 10.0 Å². The number of allylic oxidation sites excluding steroid dienone is 1. The third-order valence-electron chi connectivity index (χ3n) is 5.53. The monoisotopic (exact) mass is 509 g/mol. The van der Waals surface area contributed by atoms with Crippen LogP contribution in [0.15, 0.2) is 71.7 Å². The van der Waals surface area contributed by atoms with E-state index in [2.05, 4.69) is 17.0 Å². The second kappa shape index (κ2) is 10.8. The second-order valence-electron chi connectivity index (χ2n) is 8.06. The Labute approximate surface area is 214 Å². The highest BCUT2D eigenvalue weighted by atomic mass is 35.5. The Morgan fingerprint density at radius 2 is 1.94 bits per heavy atom. The van der Waals surface area contributed by atoms with Gasteiger partial charge in [0.05, 0.1) is 33.7 Å². The number of nitrogens with zero attached hydrogens (tertiary/aromatic N) is 2. The average Bonchev–Trinajstić information content (AvgIpc) is 3.42. The molecule has 1 amide bonds. The van der Waals surface area contributed by atoms with E-state index in [-0.39, 0.29) is 18.3 Å². The Hall–Kier alpha value is -3.48. The highest BCUT2D eigenvalue weighted by Gasteiger charge is 2.18. The van der Waals surface area contributed by atoms with Crippen LogP contribution in [0.3, 0.4) is 0 Å². The fraction of sp³-hybridized carbons (Fsp3) is 0.185. The topological polar surface area (TPSA) is 69.3 Å². The standard InChI is InChI=1S/C27H25Cl2N3O3/c1-4-7-20-8-5-6-9-24(20)34-16-21-11-13-25(35-21)27(33)30-26-17(2)31-32(18(26)3)15-19-10-12-22(28)23(29)14-19/h4-6,8-14H,1,7,15-16H2,2-3H3,(H,30,33). The second-order valence-corrected chi connectivity index (χ2v) is 8.88. The van der Waals surface area contributed by atoms with Crippen molar-refractivity contribution in [3.63, 3.8) is 0 Å². The number of furan rings is 1. The van der Waals surface area contributed by atoms with Crippen molar-refractivity contribution < 1.29 is 13.9 Å². The first-order chi connectivity index (χ1) is 16.9. The lowest BCUT2D eigenvalue weighted by molar-refractivity contribution is 0.0992. The molecule has 0 bridgehead atoms. The molecule has 0 saturated carbocycles. The lowest BCUT2D eigenvalue weighted by Crippen LogP contribution is -2.12. The summed E-state index contributed by atoms with van der Waals surface area (Å²) in [5, 5.41) is 8.47. The van der Waals surface area contributed by atoms with Crippen molar-refractivity contribution >= 4 is 34.8 Å². The molecule has 0 aliphatic heterocycles. The van der Waals surface area contributed by atoms with Gasteiger partial charge in [0.25, 0.3) is 5.91 Å². The van der Waals surface area contributed by atoms with E-state index < -0.39 is 0 Å². The largest absolute Gasteiger partial charge is 0.485 e. The van der Waals surface area contributed by atoms with Gasteiger partial charge in [0, 0.05) is 0 Å².